The lowest BCUT2D eigenvalue weighted by atomic mass is 10.1. The third-order valence-corrected chi connectivity index (χ3v) is 6.94. The van der Waals surface area contributed by atoms with Crippen LogP contribution in [0.4, 0.5) is 5.69 Å². The topological polar surface area (TPSA) is 105 Å². The first-order valence-corrected chi connectivity index (χ1v) is 12.1. The highest BCUT2D eigenvalue weighted by molar-refractivity contribution is 7.89. The Balaban J connectivity index is 1.61. The first kappa shape index (κ1) is 24.9. The molecule has 0 fully saturated rings. The molecule has 3 aromatic carbocycles. The molecule has 178 valence electrons. The van der Waals surface area contributed by atoms with E-state index in [0.717, 1.165) is 9.87 Å². The Labute approximate surface area is 199 Å². The summed E-state index contributed by atoms with van der Waals surface area (Å²) in [7, 11) is -1.07. The largest absolute Gasteiger partial charge is 0.497 e. The molecule has 0 saturated heterocycles. The van der Waals surface area contributed by atoms with Gasteiger partial charge in [-0.3, -0.25) is 9.59 Å². The summed E-state index contributed by atoms with van der Waals surface area (Å²) in [5, 5.41) is 5.50. The van der Waals surface area contributed by atoms with Gasteiger partial charge in [-0.15, -0.1) is 0 Å². The van der Waals surface area contributed by atoms with E-state index in [2.05, 4.69) is 10.6 Å². The SMILES string of the molecule is COc1ccc(S(=O)(=O)N(C)CC(=O)Nc2ccccc2C(=O)NCCc2ccccc2)cc1. The Hall–Kier alpha value is -3.69. The van der Waals surface area contributed by atoms with Crippen LogP contribution >= 0.6 is 0 Å². The van der Waals surface area contributed by atoms with Crippen LogP contribution in [-0.4, -0.2) is 51.8 Å². The van der Waals surface area contributed by atoms with Crippen LogP contribution in [0.5, 0.6) is 5.75 Å². The number of carbonyl (C=O) groups excluding carboxylic acids is 2. The van der Waals surface area contributed by atoms with Gasteiger partial charge in [0.05, 0.1) is 29.8 Å². The van der Waals surface area contributed by atoms with Crippen LogP contribution in [0.3, 0.4) is 0 Å². The fraction of sp³-hybridized carbons (Fsp3) is 0.200. The number of para-hydroxylation sites is 1. The maximum Gasteiger partial charge on any atom is 0.253 e. The highest BCUT2D eigenvalue weighted by atomic mass is 32.2. The van der Waals surface area contributed by atoms with Crippen LogP contribution in [0, 0.1) is 0 Å². The molecule has 8 nitrogen and oxygen atoms in total. The molecule has 0 atom stereocenters. The van der Waals surface area contributed by atoms with Gasteiger partial charge in [0.25, 0.3) is 5.91 Å². The number of carbonyl (C=O) groups is 2. The lowest BCUT2D eigenvalue weighted by Crippen LogP contribution is -2.35. The number of anilines is 1. The summed E-state index contributed by atoms with van der Waals surface area (Å²) in [4.78, 5) is 25.3. The maximum atomic E-state index is 12.8. The zero-order valence-electron chi connectivity index (χ0n) is 19.0. The lowest BCUT2D eigenvalue weighted by molar-refractivity contribution is -0.116. The summed E-state index contributed by atoms with van der Waals surface area (Å²) >= 11 is 0. The normalized spacial score (nSPS) is 11.1. The van der Waals surface area contributed by atoms with Crippen LogP contribution in [-0.2, 0) is 21.2 Å². The van der Waals surface area contributed by atoms with Gasteiger partial charge in [-0.05, 0) is 48.4 Å². The smallest absolute Gasteiger partial charge is 0.253 e. The number of benzene rings is 3. The van der Waals surface area contributed by atoms with Crippen molar-refractivity contribution in [2.75, 3.05) is 32.6 Å². The summed E-state index contributed by atoms with van der Waals surface area (Å²) in [6.45, 7) is 0.0201. The predicted molar refractivity (Wildman–Crippen MR) is 130 cm³/mol. The molecule has 0 bridgehead atoms. The number of methoxy groups -OCH3 is 1. The highest BCUT2D eigenvalue weighted by Gasteiger charge is 2.23. The Morgan fingerprint density at radius 2 is 1.56 bits per heavy atom. The van der Waals surface area contributed by atoms with E-state index in [9.17, 15) is 18.0 Å². The van der Waals surface area contributed by atoms with Crippen molar-refractivity contribution >= 4 is 27.5 Å². The number of hydrogen-bond donors (Lipinski definition) is 2. The van der Waals surface area contributed by atoms with Gasteiger partial charge in [-0.2, -0.15) is 4.31 Å². The quantitative estimate of drug-likeness (QED) is 0.463. The van der Waals surface area contributed by atoms with Gasteiger partial charge in [-0.25, -0.2) is 8.42 Å². The molecule has 0 aliphatic rings. The van der Waals surface area contributed by atoms with E-state index in [1.54, 1.807) is 24.3 Å². The Kier molecular flexibility index (Phi) is 8.39. The first-order chi connectivity index (χ1) is 16.3. The molecule has 3 aromatic rings. The van der Waals surface area contributed by atoms with Gasteiger partial charge in [0, 0.05) is 13.6 Å². The fourth-order valence-electron chi connectivity index (χ4n) is 3.25. The van der Waals surface area contributed by atoms with E-state index < -0.39 is 22.5 Å². The molecule has 2 N–H and O–H groups in total. The Morgan fingerprint density at radius 1 is 0.912 bits per heavy atom. The zero-order chi connectivity index (χ0) is 24.6. The molecule has 0 aliphatic heterocycles. The average molecular weight is 482 g/mol. The van der Waals surface area contributed by atoms with Crippen molar-refractivity contribution in [2.24, 2.45) is 0 Å². The standard InChI is InChI=1S/C25H27N3O5S/c1-28(34(31,32)21-14-12-20(33-2)13-15-21)18-24(29)27-23-11-7-6-10-22(23)25(30)26-17-16-19-8-4-3-5-9-19/h3-15H,16-18H2,1-2H3,(H,26,30)(H,27,29). The molecule has 0 radical (unpaired) electrons. The van der Waals surface area contributed by atoms with Crippen molar-refractivity contribution in [3.8, 4) is 5.75 Å². The maximum absolute atomic E-state index is 12.8. The number of likely N-dealkylation sites (N-methyl/N-ethyl adjacent to an activating group) is 1. The van der Waals surface area contributed by atoms with E-state index in [1.807, 2.05) is 30.3 Å². The summed E-state index contributed by atoms with van der Waals surface area (Å²) in [6, 6.07) is 22.3. The van der Waals surface area contributed by atoms with Crippen LogP contribution in [0.25, 0.3) is 0 Å². The molecule has 0 heterocycles. The van der Waals surface area contributed by atoms with Gasteiger partial charge in [0.1, 0.15) is 5.75 Å². The van der Waals surface area contributed by atoms with Crippen LogP contribution in [0.2, 0.25) is 0 Å². The van der Waals surface area contributed by atoms with Crippen LogP contribution in [0.1, 0.15) is 15.9 Å². The van der Waals surface area contributed by atoms with E-state index in [0.29, 0.717) is 30.0 Å². The lowest BCUT2D eigenvalue weighted by Gasteiger charge is -2.18. The summed E-state index contributed by atoms with van der Waals surface area (Å²) in [5.74, 6) is -0.367. The second kappa shape index (κ2) is 11.4. The third-order valence-electron chi connectivity index (χ3n) is 5.12. The van der Waals surface area contributed by atoms with Crippen molar-refractivity contribution in [2.45, 2.75) is 11.3 Å². The molecule has 0 spiro atoms. The monoisotopic (exact) mass is 481 g/mol. The molecule has 0 aliphatic carbocycles. The van der Waals surface area contributed by atoms with Crippen LogP contribution in [0.15, 0.2) is 83.8 Å². The van der Waals surface area contributed by atoms with Crippen molar-refractivity contribution in [3.05, 3.63) is 90.0 Å². The van der Waals surface area contributed by atoms with Crippen molar-refractivity contribution in [1.29, 1.82) is 0 Å². The van der Waals surface area contributed by atoms with Crippen molar-refractivity contribution in [3.63, 3.8) is 0 Å². The molecular weight excluding hydrogens is 454 g/mol. The van der Waals surface area contributed by atoms with E-state index in [1.165, 1.54) is 38.4 Å². The molecule has 34 heavy (non-hydrogen) atoms. The zero-order valence-corrected chi connectivity index (χ0v) is 19.8. The molecular formula is C25H27N3O5S. The third kappa shape index (κ3) is 6.43. The van der Waals surface area contributed by atoms with Crippen molar-refractivity contribution < 1.29 is 22.7 Å². The number of nitrogens with zero attached hydrogens (tertiary/aromatic N) is 1. The van der Waals surface area contributed by atoms with Crippen molar-refractivity contribution in [1.82, 2.24) is 9.62 Å². The first-order valence-electron chi connectivity index (χ1n) is 10.6. The van der Waals surface area contributed by atoms with E-state index in [-0.39, 0.29) is 10.8 Å². The van der Waals surface area contributed by atoms with Gasteiger partial charge < -0.3 is 15.4 Å². The number of rotatable bonds is 10. The summed E-state index contributed by atoms with van der Waals surface area (Å²) in [5.41, 5.74) is 1.70. The number of ether oxygens (including phenoxy) is 1. The number of sulfonamides is 1. The highest BCUT2D eigenvalue weighted by Crippen LogP contribution is 2.19. The van der Waals surface area contributed by atoms with Crippen LogP contribution < -0.4 is 15.4 Å². The Bertz CT molecular complexity index is 1230. The predicted octanol–water partition coefficient (Wildman–Crippen LogP) is 2.93. The Morgan fingerprint density at radius 3 is 2.24 bits per heavy atom. The fourth-order valence-corrected chi connectivity index (χ4v) is 4.38. The molecule has 3 rings (SSSR count). The molecule has 9 heteroatoms. The molecule has 0 saturated carbocycles. The number of hydrogen-bond acceptors (Lipinski definition) is 5. The van der Waals surface area contributed by atoms with Gasteiger partial charge in [-0.1, -0.05) is 42.5 Å². The minimum absolute atomic E-state index is 0.0433. The molecule has 0 unspecified atom stereocenters. The van der Waals surface area contributed by atoms with Gasteiger partial charge in [0.2, 0.25) is 15.9 Å². The number of amides is 2. The van der Waals surface area contributed by atoms with E-state index >= 15 is 0 Å². The number of nitrogens with one attached hydrogen (secondary N) is 2. The minimum atomic E-state index is -3.88. The second-order valence-corrected chi connectivity index (χ2v) is 9.57. The minimum Gasteiger partial charge on any atom is -0.497 e. The average Bonchev–Trinajstić information content (AvgIpc) is 2.85. The van der Waals surface area contributed by atoms with Gasteiger partial charge >= 0.3 is 0 Å². The molecule has 0 aromatic heterocycles. The summed E-state index contributed by atoms with van der Waals surface area (Å²) in [6.07, 6.45) is 0.676. The van der Waals surface area contributed by atoms with E-state index in [4.69, 9.17) is 4.74 Å². The van der Waals surface area contributed by atoms with Gasteiger partial charge in [0.15, 0.2) is 0 Å². The molecule has 2 amide bonds. The second-order valence-electron chi connectivity index (χ2n) is 7.52. The summed E-state index contributed by atoms with van der Waals surface area (Å²) < 4.78 is 31.5.